The number of aryl methyl sites for hydroxylation is 1. The number of carbonyl (C=O) groups excluding carboxylic acids is 3. The van der Waals surface area contributed by atoms with E-state index in [0.29, 0.717) is 21.5 Å². The highest BCUT2D eigenvalue weighted by Crippen LogP contribution is 2.38. The SMILES string of the molecule is CCc1ccc(NC(=O)CN2C(=O)S/C(=C/c3cc(Br)cc(Br)c3OC)C2=O)cc1. The van der Waals surface area contributed by atoms with Gasteiger partial charge in [0.1, 0.15) is 12.3 Å². The van der Waals surface area contributed by atoms with Crippen molar-refractivity contribution in [3.63, 3.8) is 0 Å². The van der Waals surface area contributed by atoms with E-state index < -0.39 is 17.1 Å². The van der Waals surface area contributed by atoms with Gasteiger partial charge in [-0.2, -0.15) is 0 Å². The number of carbonyl (C=O) groups is 3. The molecule has 156 valence electrons. The van der Waals surface area contributed by atoms with Crippen molar-refractivity contribution in [2.75, 3.05) is 19.0 Å². The van der Waals surface area contributed by atoms with Crippen LogP contribution in [-0.2, 0) is 16.0 Å². The predicted molar refractivity (Wildman–Crippen MR) is 126 cm³/mol. The van der Waals surface area contributed by atoms with Crippen LogP contribution < -0.4 is 10.1 Å². The van der Waals surface area contributed by atoms with Gasteiger partial charge in [-0.25, -0.2) is 0 Å². The second-order valence-corrected chi connectivity index (χ2v) is 9.14. The van der Waals surface area contributed by atoms with Crippen LogP contribution in [0, 0.1) is 0 Å². The number of thioether (sulfide) groups is 1. The standard InChI is InChI=1S/C21H18Br2N2O4S/c1-3-12-4-6-15(7-5-12)24-18(26)11-25-20(27)17(30-21(25)28)9-13-8-14(22)10-16(23)19(13)29-2/h4-10H,3,11H2,1-2H3,(H,24,26)/b17-9+. The van der Waals surface area contributed by atoms with Crippen molar-refractivity contribution in [2.45, 2.75) is 13.3 Å². The van der Waals surface area contributed by atoms with Crippen LogP contribution in [0.3, 0.4) is 0 Å². The zero-order valence-electron chi connectivity index (χ0n) is 16.2. The summed E-state index contributed by atoms with van der Waals surface area (Å²) in [6.07, 6.45) is 2.48. The van der Waals surface area contributed by atoms with E-state index in [0.717, 1.165) is 33.1 Å². The molecule has 3 amide bonds. The highest BCUT2D eigenvalue weighted by Gasteiger charge is 2.36. The van der Waals surface area contributed by atoms with Gasteiger partial charge in [-0.15, -0.1) is 0 Å². The number of ether oxygens (including phenoxy) is 1. The molecule has 1 fully saturated rings. The van der Waals surface area contributed by atoms with E-state index in [9.17, 15) is 14.4 Å². The van der Waals surface area contributed by atoms with Crippen LogP contribution in [0.25, 0.3) is 6.08 Å². The lowest BCUT2D eigenvalue weighted by molar-refractivity contribution is -0.127. The maximum absolute atomic E-state index is 12.7. The fourth-order valence-corrected chi connectivity index (χ4v) is 5.10. The zero-order chi connectivity index (χ0) is 21.8. The number of nitrogens with zero attached hydrogens (tertiary/aromatic N) is 1. The van der Waals surface area contributed by atoms with Crippen molar-refractivity contribution in [1.82, 2.24) is 4.90 Å². The number of anilines is 1. The highest BCUT2D eigenvalue weighted by molar-refractivity contribution is 9.11. The molecule has 3 rings (SSSR count). The number of hydrogen-bond donors (Lipinski definition) is 1. The van der Waals surface area contributed by atoms with Crippen LogP contribution in [0.2, 0.25) is 0 Å². The minimum atomic E-state index is -0.514. The Balaban J connectivity index is 1.74. The van der Waals surface area contributed by atoms with Crippen molar-refractivity contribution in [1.29, 1.82) is 0 Å². The molecule has 6 nitrogen and oxygen atoms in total. The first-order chi connectivity index (χ1) is 14.3. The summed E-state index contributed by atoms with van der Waals surface area (Å²) in [6, 6.07) is 11.0. The van der Waals surface area contributed by atoms with Gasteiger partial charge < -0.3 is 10.1 Å². The Morgan fingerprint density at radius 1 is 1.20 bits per heavy atom. The number of hydrogen-bond acceptors (Lipinski definition) is 5. The Labute approximate surface area is 195 Å². The first-order valence-corrected chi connectivity index (χ1v) is 11.4. The van der Waals surface area contributed by atoms with Crippen LogP contribution in [-0.4, -0.2) is 35.6 Å². The van der Waals surface area contributed by atoms with Gasteiger partial charge in [0, 0.05) is 15.7 Å². The molecule has 1 aliphatic heterocycles. The molecule has 2 aromatic carbocycles. The summed E-state index contributed by atoms with van der Waals surface area (Å²) in [5.41, 5.74) is 2.40. The predicted octanol–water partition coefficient (Wildman–Crippen LogP) is 5.46. The molecule has 9 heteroatoms. The lowest BCUT2D eigenvalue weighted by atomic mass is 10.1. The summed E-state index contributed by atoms with van der Waals surface area (Å²) in [7, 11) is 1.52. The van der Waals surface area contributed by atoms with Gasteiger partial charge in [0.05, 0.1) is 16.5 Å². The molecule has 1 N–H and O–H groups in total. The Morgan fingerprint density at radius 2 is 1.90 bits per heavy atom. The van der Waals surface area contributed by atoms with Crippen molar-refractivity contribution >= 4 is 72.4 Å². The third-order valence-electron chi connectivity index (χ3n) is 4.35. The van der Waals surface area contributed by atoms with E-state index in [1.165, 1.54) is 7.11 Å². The highest BCUT2D eigenvalue weighted by atomic mass is 79.9. The van der Waals surface area contributed by atoms with E-state index in [4.69, 9.17) is 4.74 Å². The fraction of sp³-hybridized carbons (Fsp3) is 0.190. The molecule has 30 heavy (non-hydrogen) atoms. The third-order valence-corrected chi connectivity index (χ3v) is 6.30. The molecule has 0 radical (unpaired) electrons. The Kier molecular flexibility index (Phi) is 7.38. The van der Waals surface area contributed by atoms with Crippen molar-refractivity contribution in [3.8, 4) is 5.75 Å². The van der Waals surface area contributed by atoms with Crippen LogP contribution >= 0.6 is 43.6 Å². The smallest absolute Gasteiger partial charge is 0.294 e. The topological polar surface area (TPSA) is 75.7 Å². The molecule has 0 unspecified atom stereocenters. The van der Waals surface area contributed by atoms with Crippen molar-refractivity contribution in [3.05, 3.63) is 61.4 Å². The Hall–Kier alpha value is -2.10. The molecule has 0 bridgehead atoms. The average molecular weight is 554 g/mol. The number of methoxy groups -OCH3 is 1. The molecule has 1 saturated heterocycles. The van der Waals surface area contributed by atoms with Crippen LogP contribution in [0.5, 0.6) is 5.75 Å². The lowest BCUT2D eigenvalue weighted by Crippen LogP contribution is -2.36. The van der Waals surface area contributed by atoms with E-state index in [-0.39, 0.29) is 11.4 Å². The third kappa shape index (κ3) is 5.14. The molecule has 0 aromatic heterocycles. The average Bonchev–Trinajstić information content (AvgIpc) is 2.95. The second kappa shape index (κ2) is 9.80. The van der Waals surface area contributed by atoms with Gasteiger partial charge >= 0.3 is 0 Å². The van der Waals surface area contributed by atoms with Gasteiger partial charge in [0.2, 0.25) is 5.91 Å². The molecule has 1 heterocycles. The minimum absolute atomic E-state index is 0.225. The molecular weight excluding hydrogens is 536 g/mol. The van der Waals surface area contributed by atoms with Gasteiger partial charge in [-0.05, 0) is 70.0 Å². The van der Waals surface area contributed by atoms with E-state index in [1.807, 2.05) is 25.1 Å². The normalized spacial score (nSPS) is 15.1. The molecular formula is C21H18Br2N2O4S. The molecule has 0 spiro atoms. The largest absolute Gasteiger partial charge is 0.495 e. The zero-order valence-corrected chi connectivity index (χ0v) is 20.2. The number of imide groups is 1. The van der Waals surface area contributed by atoms with E-state index >= 15 is 0 Å². The van der Waals surface area contributed by atoms with Crippen LogP contribution in [0.1, 0.15) is 18.1 Å². The van der Waals surface area contributed by atoms with E-state index in [2.05, 4.69) is 37.2 Å². The Bertz CT molecular complexity index is 1040. The van der Waals surface area contributed by atoms with Crippen molar-refractivity contribution in [2.24, 2.45) is 0 Å². The maximum atomic E-state index is 12.7. The Morgan fingerprint density at radius 3 is 2.53 bits per heavy atom. The molecule has 0 atom stereocenters. The summed E-state index contributed by atoms with van der Waals surface area (Å²) >= 11 is 7.61. The number of nitrogens with one attached hydrogen (secondary N) is 1. The van der Waals surface area contributed by atoms with Crippen LogP contribution in [0.4, 0.5) is 10.5 Å². The van der Waals surface area contributed by atoms with Gasteiger partial charge in [-0.1, -0.05) is 35.0 Å². The quantitative estimate of drug-likeness (QED) is 0.481. The number of amides is 3. The molecule has 1 aliphatic rings. The van der Waals surface area contributed by atoms with Gasteiger partial charge in [0.25, 0.3) is 11.1 Å². The molecule has 0 saturated carbocycles. The lowest BCUT2D eigenvalue weighted by Gasteiger charge is -2.13. The maximum Gasteiger partial charge on any atom is 0.294 e. The molecule has 0 aliphatic carbocycles. The number of rotatable bonds is 6. The minimum Gasteiger partial charge on any atom is -0.495 e. The summed E-state index contributed by atoms with van der Waals surface area (Å²) in [5.74, 6) is -0.413. The summed E-state index contributed by atoms with van der Waals surface area (Å²) in [4.78, 5) is 38.6. The summed E-state index contributed by atoms with van der Waals surface area (Å²) in [6.45, 7) is 1.69. The van der Waals surface area contributed by atoms with Crippen LogP contribution in [0.15, 0.2) is 50.2 Å². The monoisotopic (exact) mass is 552 g/mol. The first-order valence-electron chi connectivity index (χ1n) is 8.99. The number of halogens is 2. The second-order valence-electron chi connectivity index (χ2n) is 6.38. The van der Waals surface area contributed by atoms with E-state index in [1.54, 1.807) is 24.3 Å². The summed E-state index contributed by atoms with van der Waals surface area (Å²) < 4.78 is 6.88. The summed E-state index contributed by atoms with van der Waals surface area (Å²) in [5, 5.41) is 2.22. The number of benzene rings is 2. The van der Waals surface area contributed by atoms with Gasteiger partial charge in [0.15, 0.2) is 0 Å². The molecule has 2 aromatic rings. The van der Waals surface area contributed by atoms with Crippen molar-refractivity contribution < 1.29 is 19.1 Å². The first kappa shape index (κ1) is 22.6. The fourth-order valence-electron chi connectivity index (χ4n) is 2.85. The van der Waals surface area contributed by atoms with Gasteiger partial charge in [-0.3, -0.25) is 19.3 Å².